The maximum absolute atomic E-state index is 11.4. The van der Waals surface area contributed by atoms with Crippen LogP contribution in [0.2, 0.25) is 0 Å². The zero-order valence-electron chi connectivity index (χ0n) is 10.0. The van der Waals surface area contributed by atoms with Crippen molar-refractivity contribution in [2.24, 2.45) is 0 Å². The number of hydrogen-bond donors (Lipinski definition) is 2. The van der Waals surface area contributed by atoms with Crippen LogP contribution in [0.25, 0.3) is 0 Å². The van der Waals surface area contributed by atoms with Crippen molar-refractivity contribution in [1.29, 1.82) is 0 Å². The van der Waals surface area contributed by atoms with Crippen LogP contribution >= 0.6 is 0 Å². The Bertz CT molecular complexity index is 202. The van der Waals surface area contributed by atoms with E-state index in [0.717, 1.165) is 25.8 Å². The van der Waals surface area contributed by atoms with E-state index in [1.165, 1.54) is 0 Å². The van der Waals surface area contributed by atoms with Gasteiger partial charge in [0.15, 0.2) is 0 Å². The first-order chi connectivity index (χ1) is 7.08. The van der Waals surface area contributed by atoms with Crippen molar-refractivity contribution in [3.05, 3.63) is 0 Å². The molecule has 1 saturated carbocycles. The fourth-order valence-corrected chi connectivity index (χ4v) is 1.33. The van der Waals surface area contributed by atoms with Gasteiger partial charge in [-0.1, -0.05) is 0 Å². The number of amides is 1. The van der Waals surface area contributed by atoms with E-state index in [1.54, 1.807) is 0 Å². The SMILES string of the molecule is CC(CCN(C)C)NCC(=O)NC1CC1. The monoisotopic (exact) mass is 213 g/mol. The van der Waals surface area contributed by atoms with E-state index in [9.17, 15) is 4.79 Å². The van der Waals surface area contributed by atoms with E-state index in [2.05, 4.69) is 36.6 Å². The molecule has 15 heavy (non-hydrogen) atoms. The van der Waals surface area contributed by atoms with Crippen LogP contribution in [0.4, 0.5) is 0 Å². The first kappa shape index (κ1) is 12.5. The third kappa shape index (κ3) is 6.47. The molecule has 88 valence electrons. The molecular formula is C11H23N3O. The van der Waals surface area contributed by atoms with Crippen LogP contribution in [0.1, 0.15) is 26.2 Å². The van der Waals surface area contributed by atoms with Gasteiger partial charge in [0.1, 0.15) is 0 Å². The smallest absolute Gasteiger partial charge is 0.234 e. The van der Waals surface area contributed by atoms with Gasteiger partial charge in [-0.2, -0.15) is 0 Å². The highest BCUT2D eigenvalue weighted by Gasteiger charge is 2.22. The summed E-state index contributed by atoms with van der Waals surface area (Å²) in [5.41, 5.74) is 0. The zero-order valence-corrected chi connectivity index (χ0v) is 10.0. The fraction of sp³-hybridized carbons (Fsp3) is 0.909. The third-order valence-corrected chi connectivity index (χ3v) is 2.56. The first-order valence-electron chi connectivity index (χ1n) is 5.75. The van der Waals surface area contributed by atoms with Crippen LogP contribution in [0.5, 0.6) is 0 Å². The summed E-state index contributed by atoms with van der Waals surface area (Å²) in [4.78, 5) is 13.5. The van der Waals surface area contributed by atoms with Gasteiger partial charge in [0, 0.05) is 12.1 Å². The van der Waals surface area contributed by atoms with Crippen LogP contribution in [0, 0.1) is 0 Å². The highest BCUT2D eigenvalue weighted by Crippen LogP contribution is 2.18. The van der Waals surface area contributed by atoms with Crippen molar-refractivity contribution in [1.82, 2.24) is 15.5 Å². The van der Waals surface area contributed by atoms with Gasteiger partial charge in [-0.05, 0) is 46.8 Å². The third-order valence-electron chi connectivity index (χ3n) is 2.56. The second-order valence-electron chi connectivity index (χ2n) is 4.72. The topological polar surface area (TPSA) is 44.4 Å². The average molecular weight is 213 g/mol. The largest absolute Gasteiger partial charge is 0.352 e. The van der Waals surface area contributed by atoms with Crippen LogP contribution in [0.15, 0.2) is 0 Å². The van der Waals surface area contributed by atoms with Gasteiger partial charge in [0.25, 0.3) is 0 Å². The summed E-state index contributed by atoms with van der Waals surface area (Å²) >= 11 is 0. The lowest BCUT2D eigenvalue weighted by molar-refractivity contribution is -0.120. The molecule has 0 aromatic carbocycles. The molecule has 0 bridgehead atoms. The van der Waals surface area contributed by atoms with E-state index in [4.69, 9.17) is 0 Å². The summed E-state index contributed by atoms with van der Waals surface area (Å²) in [5.74, 6) is 0.134. The van der Waals surface area contributed by atoms with E-state index < -0.39 is 0 Å². The lowest BCUT2D eigenvalue weighted by Crippen LogP contribution is -2.39. The lowest BCUT2D eigenvalue weighted by Gasteiger charge is -2.16. The number of carbonyl (C=O) groups is 1. The van der Waals surface area contributed by atoms with Crippen molar-refractivity contribution >= 4 is 5.91 Å². The summed E-state index contributed by atoms with van der Waals surface area (Å²) in [7, 11) is 4.12. The molecule has 0 radical (unpaired) electrons. The normalized spacial score (nSPS) is 17.9. The van der Waals surface area contributed by atoms with Crippen molar-refractivity contribution in [3.8, 4) is 0 Å². The highest BCUT2D eigenvalue weighted by atomic mass is 16.2. The van der Waals surface area contributed by atoms with Crippen LogP contribution < -0.4 is 10.6 Å². The number of hydrogen-bond acceptors (Lipinski definition) is 3. The molecule has 2 N–H and O–H groups in total. The zero-order chi connectivity index (χ0) is 11.3. The molecular weight excluding hydrogens is 190 g/mol. The summed E-state index contributed by atoms with van der Waals surface area (Å²) in [6, 6.07) is 0.869. The van der Waals surface area contributed by atoms with Crippen molar-refractivity contribution < 1.29 is 4.79 Å². The van der Waals surface area contributed by atoms with Gasteiger partial charge in [0.05, 0.1) is 6.54 Å². The molecule has 1 aliphatic carbocycles. The molecule has 1 atom stereocenters. The molecule has 1 unspecified atom stereocenters. The molecule has 0 aromatic rings. The Balaban J connectivity index is 1.99. The highest BCUT2D eigenvalue weighted by molar-refractivity contribution is 5.78. The maximum atomic E-state index is 11.4. The molecule has 4 heteroatoms. The second kappa shape index (κ2) is 6.08. The fourth-order valence-electron chi connectivity index (χ4n) is 1.33. The van der Waals surface area contributed by atoms with E-state index in [-0.39, 0.29) is 5.91 Å². The van der Waals surface area contributed by atoms with Gasteiger partial charge < -0.3 is 15.5 Å². The molecule has 0 spiro atoms. The van der Waals surface area contributed by atoms with Crippen LogP contribution in [-0.2, 0) is 4.79 Å². The molecule has 0 heterocycles. The number of carbonyl (C=O) groups excluding carboxylic acids is 1. The quantitative estimate of drug-likeness (QED) is 0.635. The molecule has 1 fully saturated rings. The Hall–Kier alpha value is -0.610. The number of nitrogens with zero attached hydrogens (tertiary/aromatic N) is 1. The summed E-state index contributed by atoms with van der Waals surface area (Å²) in [6.45, 7) is 3.62. The Morgan fingerprint density at radius 1 is 1.47 bits per heavy atom. The van der Waals surface area contributed by atoms with E-state index in [0.29, 0.717) is 18.6 Å². The molecule has 1 rings (SSSR count). The van der Waals surface area contributed by atoms with Crippen molar-refractivity contribution in [2.75, 3.05) is 27.2 Å². The Morgan fingerprint density at radius 2 is 2.13 bits per heavy atom. The van der Waals surface area contributed by atoms with E-state index >= 15 is 0 Å². The standard InChI is InChI=1S/C11H23N3O/c1-9(6-7-14(2)3)12-8-11(15)13-10-4-5-10/h9-10,12H,4-8H2,1-3H3,(H,13,15). The maximum Gasteiger partial charge on any atom is 0.234 e. The second-order valence-corrected chi connectivity index (χ2v) is 4.72. The number of rotatable bonds is 7. The first-order valence-corrected chi connectivity index (χ1v) is 5.75. The summed E-state index contributed by atoms with van der Waals surface area (Å²) < 4.78 is 0. The van der Waals surface area contributed by atoms with Crippen LogP contribution in [-0.4, -0.2) is 50.1 Å². The number of nitrogens with one attached hydrogen (secondary N) is 2. The van der Waals surface area contributed by atoms with Gasteiger partial charge in [-0.3, -0.25) is 4.79 Å². The molecule has 0 aromatic heterocycles. The molecule has 0 saturated heterocycles. The summed E-state index contributed by atoms with van der Waals surface area (Å²) in [6.07, 6.45) is 3.38. The van der Waals surface area contributed by atoms with Crippen molar-refractivity contribution in [2.45, 2.75) is 38.3 Å². The molecule has 0 aliphatic heterocycles. The molecule has 4 nitrogen and oxygen atoms in total. The Labute approximate surface area is 92.4 Å². The van der Waals surface area contributed by atoms with Gasteiger partial charge in [-0.25, -0.2) is 0 Å². The van der Waals surface area contributed by atoms with Gasteiger partial charge in [-0.15, -0.1) is 0 Å². The predicted molar refractivity (Wildman–Crippen MR) is 61.8 cm³/mol. The Morgan fingerprint density at radius 3 is 2.67 bits per heavy atom. The minimum absolute atomic E-state index is 0.134. The minimum atomic E-state index is 0.134. The summed E-state index contributed by atoms with van der Waals surface area (Å²) in [5, 5.41) is 6.19. The minimum Gasteiger partial charge on any atom is -0.352 e. The lowest BCUT2D eigenvalue weighted by atomic mass is 10.2. The molecule has 1 aliphatic rings. The average Bonchev–Trinajstić information content (AvgIpc) is 2.95. The van der Waals surface area contributed by atoms with Crippen LogP contribution in [0.3, 0.4) is 0 Å². The van der Waals surface area contributed by atoms with E-state index in [1.807, 2.05) is 0 Å². The van der Waals surface area contributed by atoms with Crippen molar-refractivity contribution in [3.63, 3.8) is 0 Å². The molecule has 1 amide bonds. The predicted octanol–water partition coefficient (Wildman–Crippen LogP) is 0.195. The van der Waals surface area contributed by atoms with Gasteiger partial charge >= 0.3 is 0 Å². The van der Waals surface area contributed by atoms with Gasteiger partial charge in [0.2, 0.25) is 5.91 Å². The Kier molecular flexibility index (Phi) is 5.05.